The third kappa shape index (κ3) is 0.195. The number of hydrogen-bond donors (Lipinski definition) is 0. The van der Waals surface area contributed by atoms with Crippen molar-refractivity contribution in [3.05, 3.63) is 0 Å². The van der Waals surface area contributed by atoms with E-state index in [1.807, 2.05) is 0 Å². The molecule has 0 aliphatic carbocycles. The Kier molecular flexibility index (Phi) is 0.324. The summed E-state index contributed by atoms with van der Waals surface area (Å²) in [5.74, 6) is 1.26. The highest BCUT2D eigenvalue weighted by atomic mass is 14.4. The molecule has 34 valence electrons. The van der Waals surface area contributed by atoms with E-state index in [0.717, 1.165) is 0 Å². The van der Waals surface area contributed by atoms with E-state index < -0.39 is 0 Å². The zero-order chi connectivity index (χ0) is 4.43. The fourth-order valence-electron chi connectivity index (χ4n) is 2.94. The molecule has 0 aromatic rings. The predicted octanol–water partition coefficient (Wildman–Crippen LogP) is 1.30. The monoisotopic (exact) mass is 90.1 g/mol. The molecule has 3 heterocycles. The van der Waals surface area contributed by atoms with Crippen LogP contribution >= 0.6 is 0 Å². The van der Waals surface area contributed by atoms with Gasteiger partial charge in [-0.05, 0) is 0 Å². The Morgan fingerprint density at radius 3 is 2.43 bits per heavy atom. The number of hydrogen-bond acceptors (Lipinski definition) is 0. The molecule has 3 aliphatic rings. The van der Waals surface area contributed by atoms with Gasteiger partial charge in [-0.1, -0.05) is 30.5 Å². The Hall–Kier alpha value is 0.130. The summed E-state index contributed by atoms with van der Waals surface area (Å²) in [6.45, 7) is 2.49. The minimum Gasteiger partial charge on any atom is -0.0870 e. The molecular formula is C5H8B2. The highest BCUT2D eigenvalue weighted by Crippen LogP contribution is 2.72. The van der Waals surface area contributed by atoms with Crippen molar-refractivity contribution in [3.63, 3.8) is 0 Å². The van der Waals surface area contributed by atoms with Gasteiger partial charge in [0.05, 0.1) is 0 Å². The van der Waals surface area contributed by atoms with Crippen LogP contribution in [-0.2, 0) is 0 Å². The van der Waals surface area contributed by atoms with Crippen LogP contribution in [0.2, 0.25) is 30.5 Å². The molecule has 2 atom stereocenters. The van der Waals surface area contributed by atoms with E-state index in [9.17, 15) is 0 Å². The molecule has 0 N–H and O–H groups in total. The topological polar surface area (TPSA) is 0 Å². The molecule has 0 nitrogen and oxygen atoms in total. The lowest BCUT2D eigenvalue weighted by atomic mass is 9.34. The SMILES string of the molecule is C1CB2C3CB1C23. The van der Waals surface area contributed by atoms with E-state index >= 15 is 0 Å². The third-order valence-corrected chi connectivity index (χ3v) is 3.39. The van der Waals surface area contributed by atoms with Gasteiger partial charge in [0, 0.05) is 0 Å². The van der Waals surface area contributed by atoms with E-state index in [0.29, 0.717) is 0 Å². The lowest BCUT2D eigenvalue weighted by Gasteiger charge is -2.21. The summed E-state index contributed by atoms with van der Waals surface area (Å²) < 4.78 is 0. The van der Waals surface area contributed by atoms with Crippen molar-refractivity contribution in [1.82, 2.24) is 0 Å². The summed E-state index contributed by atoms with van der Waals surface area (Å²) in [6.07, 6.45) is 4.81. The van der Waals surface area contributed by atoms with E-state index in [1.165, 1.54) is 25.0 Å². The van der Waals surface area contributed by atoms with Crippen LogP contribution in [0.4, 0.5) is 0 Å². The van der Waals surface area contributed by atoms with Gasteiger partial charge in [0.1, 0.15) is 13.4 Å². The molecule has 0 radical (unpaired) electrons. The van der Waals surface area contributed by atoms with Crippen LogP contribution in [0, 0.1) is 0 Å². The van der Waals surface area contributed by atoms with Gasteiger partial charge in [0.25, 0.3) is 0 Å². The number of rotatable bonds is 0. The van der Waals surface area contributed by atoms with Crippen molar-refractivity contribution in [2.45, 2.75) is 30.5 Å². The number of fused-ring (bicyclic) bond motifs is 1. The Morgan fingerprint density at radius 2 is 2.29 bits per heavy atom. The van der Waals surface area contributed by atoms with Gasteiger partial charge in [0.2, 0.25) is 0 Å². The van der Waals surface area contributed by atoms with Crippen molar-refractivity contribution in [1.29, 1.82) is 0 Å². The van der Waals surface area contributed by atoms with Gasteiger partial charge in [0.15, 0.2) is 0 Å². The first-order valence-electron chi connectivity index (χ1n) is 3.47. The summed E-state index contributed by atoms with van der Waals surface area (Å²) in [5, 5.41) is 0. The lowest BCUT2D eigenvalue weighted by Crippen LogP contribution is -2.18. The Balaban J connectivity index is 2.07. The van der Waals surface area contributed by atoms with Crippen LogP contribution in [0.5, 0.6) is 0 Å². The van der Waals surface area contributed by atoms with Crippen molar-refractivity contribution in [2.24, 2.45) is 0 Å². The molecule has 0 saturated carbocycles. The van der Waals surface area contributed by atoms with Gasteiger partial charge >= 0.3 is 0 Å². The smallest absolute Gasteiger partial charge is 0.0870 e. The van der Waals surface area contributed by atoms with Crippen LogP contribution in [0.15, 0.2) is 0 Å². The minimum absolute atomic E-state index is 1.23. The second-order valence-corrected chi connectivity index (χ2v) is 3.48. The maximum Gasteiger partial charge on any atom is 0.136 e. The first-order chi connectivity index (χ1) is 3.47. The summed E-state index contributed by atoms with van der Waals surface area (Å²) in [7, 11) is 0. The van der Waals surface area contributed by atoms with E-state index in [4.69, 9.17) is 0 Å². The van der Waals surface area contributed by atoms with Crippen LogP contribution in [-0.4, -0.2) is 13.4 Å². The molecule has 2 heteroatoms. The molecule has 3 rings (SSSR count). The van der Waals surface area contributed by atoms with Crippen LogP contribution in [0.25, 0.3) is 0 Å². The second kappa shape index (κ2) is 0.705. The quantitative estimate of drug-likeness (QED) is 0.393. The van der Waals surface area contributed by atoms with Crippen molar-refractivity contribution in [3.8, 4) is 0 Å². The van der Waals surface area contributed by atoms with Crippen molar-refractivity contribution < 1.29 is 0 Å². The molecule has 0 spiro atoms. The molecule has 0 aromatic carbocycles. The van der Waals surface area contributed by atoms with E-state index in [1.54, 1.807) is 19.0 Å². The Bertz CT molecular complexity index is 110. The zero-order valence-electron chi connectivity index (χ0n) is 4.43. The molecule has 3 saturated heterocycles. The van der Waals surface area contributed by atoms with Crippen LogP contribution < -0.4 is 0 Å². The van der Waals surface area contributed by atoms with Gasteiger partial charge < -0.3 is 0 Å². The van der Waals surface area contributed by atoms with Gasteiger partial charge in [-0.15, -0.1) is 0 Å². The van der Waals surface area contributed by atoms with Crippen LogP contribution in [0.3, 0.4) is 0 Å². The Labute approximate surface area is 44.8 Å². The van der Waals surface area contributed by atoms with Crippen LogP contribution in [0.1, 0.15) is 0 Å². The fraction of sp³-hybridized carbons (Fsp3) is 1.00. The van der Waals surface area contributed by atoms with Gasteiger partial charge in [-0.25, -0.2) is 0 Å². The van der Waals surface area contributed by atoms with E-state index in [2.05, 4.69) is 0 Å². The molecule has 0 aromatic heterocycles. The standard InChI is InChI=1S/C5H8B2/c1-2-7-4-3-6(1)5(4)7/h4-5H,1-3H2. The van der Waals surface area contributed by atoms with Gasteiger partial charge in [-0.2, -0.15) is 0 Å². The summed E-state index contributed by atoms with van der Waals surface area (Å²) in [5.41, 5.74) is 1.28. The lowest BCUT2D eigenvalue weighted by molar-refractivity contribution is 0.981. The largest absolute Gasteiger partial charge is 0.136 e. The average molecular weight is 89.7 g/mol. The molecule has 2 unspecified atom stereocenters. The summed E-state index contributed by atoms with van der Waals surface area (Å²) in [4.78, 5) is 0. The second-order valence-electron chi connectivity index (χ2n) is 3.48. The van der Waals surface area contributed by atoms with Crippen molar-refractivity contribution in [2.75, 3.05) is 0 Å². The summed E-state index contributed by atoms with van der Waals surface area (Å²) >= 11 is 0. The maximum atomic E-state index is 1.62. The minimum atomic E-state index is 1.23. The zero-order valence-corrected chi connectivity index (χ0v) is 4.43. The maximum absolute atomic E-state index is 1.62. The first-order valence-corrected chi connectivity index (χ1v) is 3.47. The van der Waals surface area contributed by atoms with Crippen molar-refractivity contribution >= 4 is 13.4 Å². The molecule has 3 fully saturated rings. The highest BCUT2D eigenvalue weighted by Gasteiger charge is 2.68. The van der Waals surface area contributed by atoms with E-state index in [-0.39, 0.29) is 0 Å². The molecule has 3 aliphatic heterocycles. The average Bonchev–Trinajstić information content (AvgIpc) is 2.02. The first kappa shape index (κ1) is 3.21. The molecule has 7 heavy (non-hydrogen) atoms. The normalized spacial score (nSPS) is 51.4. The fourth-order valence-corrected chi connectivity index (χ4v) is 2.94. The summed E-state index contributed by atoms with van der Waals surface area (Å²) in [6, 6.07) is 0. The molecule has 0 amide bonds. The van der Waals surface area contributed by atoms with Gasteiger partial charge in [-0.3, -0.25) is 0 Å². The Morgan fingerprint density at radius 1 is 1.29 bits per heavy atom. The molecular weight excluding hydrogens is 81.7 g/mol. The highest BCUT2D eigenvalue weighted by molar-refractivity contribution is 7.01. The third-order valence-electron chi connectivity index (χ3n) is 3.39. The predicted molar refractivity (Wildman–Crippen MR) is 33.4 cm³/mol. The molecule has 0 bridgehead atoms.